The second-order valence-corrected chi connectivity index (χ2v) is 7.28. The van der Waals surface area contributed by atoms with Crippen molar-refractivity contribution in [3.63, 3.8) is 0 Å². The number of anilines is 2. The topological polar surface area (TPSA) is 80.7 Å². The molecule has 3 rings (SSSR count). The van der Waals surface area contributed by atoms with Gasteiger partial charge in [0.1, 0.15) is 0 Å². The van der Waals surface area contributed by atoms with Crippen molar-refractivity contribution in [2.75, 3.05) is 4.31 Å². The largest absolute Gasteiger partial charge is 0.755 e. The number of benzene rings is 3. The first-order valence-electron chi connectivity index (χ1n) is 8.82. The molecule has 0 aromatic heterocycles. The van der Waals surface area contributed by atoms with Gasteiger partial charge in [-0.1, -0.05) is 48.0 Å². The Hall–Kier alpha value is -2.96. The van der Waals surface area contributed by atoms with Crippen molar-refractivity contribution < 1.29 is 18.7 Å². The van der Waals surface area contributed by atoms with Gasteiger partial charge < -0.3 is 9.66 Å². The molecule has 3 aromatic rings. The van der Waals surface area contributed by atoms with E-state index in [0.717, 1.165) is 16.7 Å². The summed E-state index contributed by atoms with van der Waals surface area (Å²) in [6, 6.07) is 21.5. The van der Waals surface area contributed by atoms with Gasteiger partial charge in [-0.05, 0) is 61.2 Å². The van der Waals surface area contributed by atoms with E-state index in [1.165, 1.54) is 4.31 Å². The van der Waals surface area contributed by atoms with E-state index in [9.17, 15) is 18.7 Å². The molecule has 0 heterocycles. The van der Waals surface area contributed by atoms with Crippen LogP contribution in [0.25, 0.3) is 0 Å². The highest BCUT2D eigenvalue weighted by atomic mass is 32.2. The van der Waals surface area contributed by atoms with Crippen LogP contribution in [0.3, 0.4) is 0 Å². The molecule has 0 aliphatic rings. The van der Waals surface area contributed by atoms with Gasteiger partial charge in [-0.25, -0.2) is 4.79 Å². The Morgan fingerprint density at radius 1 is 0.929 bits per heavy atom. The molecule has 1 unspecified atom stereocenters. The van der Waals surface area contributed by atoms with Crippen molar-refractivity contribution in [2.24, 2.45) is 0 Å². The minimum absolute atomic E-state index is 0.311. The van der Waals surface area contributed by atoms with Crippen molar-refractivity contribution in [1.29, 1.82) is 0 Å². The van der Waals surface area contributed by atoms with Gasteiger partial charge in [-0.15, -0.1) is 0 Å². The summed E-state index contributed by atoms with van der Waals surface area (Å²) in [5.74, 6) is -0.933. The maximum absolute atomic E-state index is 11.8. The number of aryl methyl sites for hydroxylation is 3. The van der Waals surface area contributed by atoms with E-state index in [2.05, 4.69) is 0 Å². The molecule has 5 nitrogen and oxygen atoms in total. The minimum Gasteiger partial charge on any atom is -0.755 e. The summed E-state index contributed by atoms with van der Waals surface area (Å²) in [5.41, 5.74) is 4.27. The predicted molar refractivity (Wildman–Crippen MR) is 109 cm³/mol. The Labute approximate surface area is 166 Å². The van der Waals surface area contributed by atoms with Crippen molar-refractivity contribution in [2.45, 2.75) is 19.8 Å². The Morgan fingerprint density at radius 2 is 1.50 bits per heavy atom. The van der Waals surface area contributed by atoms with Crippen LogP contribution < -0.4 is 4.31 Å². The lowest BCUT2D eigenvalue weighted by atomic mass is 10.00. The van der Waals surface area contributed by atoms with Gasteiger partial charge >= 0.3 is 5.97 Å². The molecule has 0 amide bonds. The zero-order valence-corrected chi connectivity index (χ0v) is 16.2. The van der Waals surface area contributed by atoms with Gasteiger partial charge in [0.05, 0.1) is 28.2 Å². The smallest absolute Gasteiger partial charge is 0.335 e. The Balaban J connectivity index is 1.76. The highest BCUT2D eigenvalue weighted by Gasteiger charge is 2.11. The second-order valence-electron chi connectivity index (χ2n) is 6.48. The number of nitrogens with zero attached hydrogens (tertiary/aromatic N) is 1. The summed E-state index contributed by atoms with van der Waals surface area (Å²) in [5, 5.41) is 9.27. The van der Waals surface area contributed by atoms with Gasteiger partial charge in [0.15, 0.2) is 0 Å². The van der Waals surface area contributed by atoms with Gasteiger partial charge in [0.2, 0.25) is 0 Å². The third-order valence-corrected chi connectivity index (χ3v) is 5.24. The van der Waals surface area contributed by atoms with Crippen molar-refractivity contribution in [3.05, 3.63) is 95.1 Å². The average molecular weight is 394 g/mol. The van der Waals surface area contributed by atoms with E-state index in [-0.39, 0.29) is 0 Å². The first-order chi connectivity index (χ1) is 13.5. The van der Waals surface area contributed by atoms with Crippen LogP contribution in [0.5, 0.6) is 0 Å². The maximum atomic E-state index is 11.8. The van der Waals surface area contributed by atoms with E-state index >= 15 is 0 Å². The molecule has 144 valence electrons. The Bertz CT molecular complexity index is 984. The number of carboxylic acid groups (broad SMARTS) is 1. The van der Waals surface area contributed by atoms with Crippen LogP contribution in [0.2, 0.25) is 0 Å². The van der Waals surface area contributed by atoms with E-state index < -0.39 is 17.2 Å². The van der Waals surface area contributed by atoms with E-state index in [4.69, 9.17) is 0 Å². The third-order valence-electron chi connectivity index (χ3n) is 4.52. The summed E-state index contributed by atoms with van der Waals surface area (Å²) in [6.45, 7) is 1.94. The zero-order chi connectivity index (χ0) is 20.1. The molecule has 0 fully saturated rings. The molecule has 3 aromatic carbocycles. The van der Waals surface area contributed by atoms with Gasteiger partial charge in [0, 0.05) is 0 Å². The summed E-state index contributed by atoms with van der Waals surface area (Å²) >= 11 is -2.44. The number of rotatable bonds is 7. The van der Waals surface area contributed by atoms with Crippen LogP contribution in [0, 0.1) is 6.92 Å². The van der Waals surface area contributed by atoms with Crippen LogP contribution in [0.1, 0.15) is 27.0 Å². The zero-order valence-electron chi connectivity index (χ0n) is 15.4. The molecule has 0 aliphatic heterocycles. The first kappa shape index (κ1) is 19.8. The molecule has 0 radical (unpaired) electrons. The third kappa shape index (κ3) is 4.65. The molecule has 0 saturated heterocycles. The first-order valence-corrected chi connectivity index (χ1v) is 9.85. The standard InChI is InChI=1S/C22H21NO4S/c1-16-6-12-19(13-7-16)23(28(26)27)20-14-9-17(10-15-20)8-11-18-4-2-3-5-21(18)22(24)25/h2-7,9-10,12-15H,8,11H2,1H3,(H,24,25)(H,26,27)/p-1. The van der Waals surface area contributed by atoms with Gasteiger partial charge in [-0.3, -0.25) is 8.51 Å². The monoisotopic (exact) mass is 394 g/mol. The number of carboxylic acids is 1. The number of aromatic carboxylic acids is 1. The van der Waals surface area contributed by atoms with Gasteiger partial charge in [0.25, 0.3) is 0 Å². The molecule has 0 bridgehead atoms. The van der Waals surface area contributed by atoms with E-state index in [1.807, 2.05) is 43.3 Å². The molecule has 0 saturated carbocycles. The highest BCUT2D eigenvalue weighted by molar-refractivity contribution is 7.81. The molecule has 0 aliphatic carbocycles. The minimum atomic E-state index is -2.44. The summed E-state index contributed by atoms with van der Waals surface area (Å²) in [7, 11) is 0. The average Bonchev–Trinajstić information content (AvgIpc) is 2.69. The fraction of sp³-hybridized carbons (Fsp3) is 0.136. The number of hydrogen-bond donors (Lipinski definition) is 1. The maximum Gasteiger partial charge on any atom is 0.335 e. The Morgan fingerprint density at radius 3 is 2.07 bits per heavy atom. The lowest BCUT2D eigenvalue weighted by molar-refractivity contribution is 0.0695. The van der Waals surface area contributed by atoms with Crippen LogP contribution >= 0.6 is 0 Å². The summed E-state index contributed by atoms with van der Waals surface area (Å²) < 4.78 is 24.7. The van der Waals surface area contributed by atoms with E-state index in [1.54, 1.807) is 36.4 Å². The van der Waals surface area contributed by atoms with Crippen LogP contribution in [0.4, 0.5) is 11.4 Å². The quantitative estimate of drug-likeness (QED) is 0.602. The molecule has 1 N–H and O–H groups in total. The SMILES string of the molecule is Cc1ccc(N(c2ccc(CCc3ccccc3C(=O)O)cc2)S(=O)[O-])cc1. The number of hydrogen-bond acceptors (Lipinski definition) is 3. The predicted octanol–water partition coefficient (Wildman–Crippen LogP) is 4.41. The second kappa shape index (κ2) is 8.82. The lowest BCUT2D eigenvalue weighted by Crippen LogP contribution is -2.19. The normalized spacial score (nSPS) is 11.8. The number of carbonyl (C=O) groups is 1. The highest BCUT2D eigenvalue weighted by Crippen LogP contribution is 2.27. The molecule has 28 heavy (non-hydrogen) atoms. The van der Waals surface area contributed by atoms with Gasteiger partial charge in [-0.2, -0.15) is 0 Å². The molecule has 6 heteroatoms. The van der Waals surface area contributed by atoms with Crippen LogP contribution in [0.15, 0.2) is 72.8 Å². The van der Waals surface area contributed by atoms with E-state index in [0.29, 0.717) is 29.8 Å². The van der Waals surface area contributed by atoms with Crippen molar-refractivity contribution in [1.82, 2.24) is 0 Å². The molecule has 0 spiro atoms. The molecular formula is C22H20NO4S-. The molecule has 1 atom stereocenters. The molecular weight excluding hydrogens is 374 g/mol. The fourth-order valence-corrected chi connectivity index (χ4v) is 3.61. The lowest BCUT2D eigenvalue weighted by Gasteiger charge is -2.26. The summed E-state index contributed by atoms with van der Waals surface area (Å²) in [4.78, 5) is 11.3. The Kier molecular flexibility index (Phi) is 6.23. The summed E-state index contributed by atoms with van der Waals surface area (Å²) in [6.07, 6.45) is 1.26. The van der Waals surface area contributed by atoms with Crippen molar-refractivity contribution in [3.8, 4) is 0 Å². The fourth-order valence-electron chi connectivity index (χ4n) is 3.03. The van der Waals surface area contributed by atoms with Crippen LogP contribution in [-0.2, 0) is 24.1 Å². The van der Waals surface area contributed by atoms with Crippen molar-refractivity contribution >= 4 is 28.6 Å². The van der Waals surface area contributed by atoms with Crippen LogP contribution in [-0.4, -0.2) is 19.8 Å².